The maximum atomic E-state index is 7.00. The van der Waals surface area contributed by atoms with E-state index in [1.165, 1.54) is 154 Å². The third-order valence-electron chi connectivity index (χ3n) is 18.0. The Morgan fingerprint density at radius 3 is 0.900 bits per heavy atom. The van der Waals surface area contributed by atoms with Crippen molar-refractivity contribution in [1.29, 1.82) is 0 Å². The fourth-order valence-electron chi connectivity index (χ4n) is 14.8. The maximum absolute atomic E-state index is 7.00. The minimum atomic E-state index is -0.0869. The number of fused-ring (bicyclic) bond motifs is 8. The zero-order chi connectivity index (χ0) is 52.2. The molecule has 18 rings (SSSR count). The molecule has 0 saturated heterocycles. The number of benzene rings is 14. The molecule has 4 heterocycles. The number of hydrogen-bond donors (Lipinski definition) is 0. The molecule has 366 valence electrons. The van der Waals surface area contributed by atoms with E-state index >= 15 is 0 Å². The second-order valence-electron chi connectivity index (χ2n) is 22.0. The van der Waals surface area contributed by atoms with Gasteiger partial charge in [-0.1, -0.05) is 241 Å². The summed E-state index contributed by atoms with van der Waals surface area (Å²) in [5.41, 5.74) is 26.6. The topological polar surface area (TPSA) is 18.5 Å². The van der Waals surface area contributed by atoms with Gasteiger partial charge in [0.05, 0.1) is 0 Å². The molecule has 14 aromatic carbocycles. The highest BCUT2D eigenvalue weighted by molar-refractivity contribution is 7.01. The first-order valence-electron chi connectivity index (χ1n) is 27.9. The molecule has 2 nitrogen and oxygen atoms in total. The Hall–Kier alpha value is -10.2. The van der Waals surface area contributed by atoms with Gasteiger partial charge in [0.1, 0.15) is 23.0 Å². The summed E-state index contributed by atoms with van der Waals surface area (Å²) in [4.78, 5) is 0. The molecule has 4 heteroatoms. The van der Waals surface area contributed by atoms with Crippen LogP contribution < -0.4 is 42.3 Å². The van der Waals surface area contributed by atoms with Gasteiger partial charge in [-0.15, -0.1) is 0 Å². The van der Waals surface area contributed by atoms with E-state index in [-0.39, 0.29) is 13.4 Å². The van der Waals surface area contributed by atoms with E-state index in [0.717, 1.165) is 23.0 Å². The Morgan fingerprint density at radius 2 is 0.525 bits per heavy atom. The second-order valence-corrected chi connectivity index (χ2v) is 22.0. The predicted octanol–water partition coefficient (Wildman–Crippen LogP) is 15.8. The molecule has 0 aliphatic carbocycles. The average Bonchev–Trinajstić information content (AvgIpc) is 3.46. The van der Waals surface area contributed by atoms with Gasteiger partial charge < -0.3 is 9.47 Å². The molecule has 4 aliphatic heterocycles. The summed E-state index contributed by atoms with van der Waals surface area (Å²) in [6, 6.07) is 99.2. The lowest BCUT2D eigenvalue weighted by Crippen LogP contribution is -2.58. The highest BCUT2D eigenvalue weighted by atomic mass is 16.5. The van der Waals surface area contributed by atoms with Gasteiger partial charge in [0, 0.05) is 0 Å². The van der Waals surface area contributed by atoms with Gasteiger partial charge in [-0.3, -0.25) is 0 Å². The minimum absolute atomic E-state index is 0.0869. The first-order valence-corrected chi connectivity index (χ1v) is 27.9. The predicted molar refractivity (Wildman–Crippen MR) is 336 cm³/mol. The standard InChI is InChI=1S/C76H44B2O2/c1-5-21-45(22-6-1)49-29-17-30-50(46-23-7-2-8-24-46)69(49)57-41-55-53-33-19-39-67-75(53)78(62-36-14-16-38-66(62)79-67)64-44-60-58(70-51(47-25-9-3-10-26-47)31-18-32-52(70)48-27-11-4-12-28-48)42-56-54-34-20-40-68-76(54)77(61-35-13-15-37-65(61)80-68)63-43-59(57)73(71(55)64)74(60)72(56)63/h1-44H. The van der Waals surface area contributed by atoms with Gasteiger partial charge in [-0.05, 0) is 180 Å². The van der Waals surface area contributed by atoms with Crippen LogP contribution in [0.5, 0.6) is 23.0 Å². The molecule has 0 N–H and O–H groups in total. The van der Waals surface area contributed by atoms with Crippen molar-refractivity contribution in [3.05, 3.63) is 267 Å². The molecule has 0 bridgehead atoms. The summed E-state index contributed by atoms with van der Waals surface area (Å²) >= 11 is 0. The smallest absolute Gasteiger partial charge is 0.252 e. The lowest BCUT2D eigenvalue weighted by Gasteiger charge is -2.37. The summed E-state index contributed by atoms with van der Waals surface area (Å²) in [5, 5.41) is 7.70. The molecule has 0 amide bonds. The van der Waals surface area contributed by atoms with Crippen LogP contribution in [0.2, 0.25) is 0 Å². The van der Waals surface area contributed by atoms with Crippen LogP contribution in [-0.4, -0.2) is 13.4 Å². The molecular formula is C76H44B2O2. The van der Waals surface area contributed by atoms with E-state index in [2.05, 4.69) is 267 Å². The van der Waals surface area contributed by atoms with E-state index in [1.807, 2.05) is 0 Å². The first kappa shape index (κ1) is 43.9. The van der Waals surface area contributed by atoms with Crippen LogP contribution in [0.3, 0.4) is 0 Å². The first-order chi connectivity index (χ1) is 39.7. The monoisotopic (exact) mass is 1010 g/mol. The molecule has 0 radical (unpaired) electrons. The van der Waals surface area contributed by atoms with Crippen molar-refractivity contribution in [2.75, 3.05) is 0 Å². The fraction of sp³-hybridized carbons (Fsp3) is 0. The average molecular weight is 1010 g/mol. The Labute approximate surface area is 464 Å². The lowest BCUT2D eigenvalue weighted by molar-refractivity contribution is 0.487. The molecule has 0 spiro atoms. The normalized spacial score (nSPS) is 12.9. The summed E-state index contributed by atoms with van der Waals surface area (Å²) in [6.07, 6.45) is 0. The Kier molecular flexibility index (Phi) is 9.15. The van der Waals surface area contributed by atoms with Crippen molar-refractivity contribution in [2.24, 2.45) is 0 Å². The Bertz CT molecular complexity index is 4510. The number of ether oxygens (including phenoxy) is 2. The van der Waals surface area contributed by atoms with Crippen molar-refractivity contribution >= 4 is 78.5 Å². The second kappa shape index (κ2) is 16.7. The third kappa shape index (κ3) is 6.05. The van der Waals surface area contributed by atoms with Crippen molar-refractivity contribution in [3.8, 4) is 112 Å². The van der Waals surface area contributed by atoms with Crippen molar-refractivity contribution in [2.45, 2.75) is 0 Å². The quantitative estimate of drug-likeness (QED) is 0.122. The molecule has 0 saturated carbocycles. The van der Waals surface area contributed by atoms with Gasteiger partial charge in [0.15, 0.2) is 0 Å². The molecule has 0 atom stereocenters. The largest absolute Gasteiger partial charge is 0.458 e. The van der Waals surface area contributed by atoms with Gasteiger partial charge in [-0.2, -0.15) is 0 Å². The summed E-state index contributed by atoms with van der Waals surface area (Å²) in [7, 11) is 0. The van der Waals surface area contributed by atoms with Crippen LogP contribution in [0, 0.1) is 0 Å². The molecular weight excluding hydrogens is 966 g/mol. The van der Waals surface area contributed by atoms with Crippen molar-refractivity contribution in [3.63, 3.8) is 0 Å². The van der Waals surface area contributed by atoms with Gasteiger partial charge >= 0.3 is 0 Å². The van der Waals surface area contributed by atoms with Crippen molar-refractivity contribution in [1.82, 2.24) is 0 Å². The summed E-state index contributed by atoms with van der Waals surface area (Å²) in [5.74, 6) is 3.64. The van der Waals surface area contributed by atoms with Crippen LogP contribution in [0.4, 0.5) is 0 Å². The molecule has 0 unspecified atom stereocenters. The van der Waals surface area contributed by atoms with Crippen molar-refractivity contribution < 1.29 is 9.47 Å². The van der Waals surface area contributed by atoms with E-state index in [0.29, 0.717) is 0 Å². The SMILES string of the molecule is c1ccc(-c2cccc(-c3ccccc3)c2-c2cc3c4c(cc5c(-c6c(-c7ccccc7)cccc6-c6ccccc6)cc6c7c(cc2c4c57)B2c4ccccc4Oc4cccc-6c42)B2c4ccccc4Oc4cccc-3c42)cc1. The minimum Gasteiger partial charge on any atom is -0.458 e. The molecule has 80 heavy (non-hydrogen) atoms. The maximum Gasteiger partial charge on any atom is 0.252 e. The van der Waals surface area contributed by atoms with E-state index in [1.54, 1.807) is 0 Å². The molecule has 14 aromatic rings. The van der Waals surface area contributed by atoms with E-state index < -0.39 is 0 Å². The fourth-order valence-corrected chi connectivity index (χ4v) is 14.8. The van der Waals surface area contributed by atoms with Crippen LogP contribution in [0.25, 0.3) is 121 Å². The highest BCUT2D eigenvalue weighted by Gasteiger charge is 2.44. The molecule has 0 fully saturated rings. The Balaban J connectivity index is 1.11. The number of para-hydroxylation sites is 2. The summed E-state index contributed by atoms with van der Waals surface area (Å²) < 4.78 is 14.0. The molecule has 4 aliphatic rings. The van der Waals surface area contributed by atoms with Gasteiger partial charge in [0.25, 0.3) is 13.4 Å². The highest BCUT2D eigenvalue weighted by Crippen LogP contribution is 2.54. The number of rotatable bonds is 6. The lowest BCUT2D eigenvalue weighted by atomic mass is 9.32. The number of hydrogen-bond acceptors (Lipinski definition) is 2. The van der Waals surface area contributed by atoms with E-state index in [9.17, 15) is 0 Å². The van der Waals surface area contributed by atoms with Gasteiger partial charge in [-0.25, -0.2) is 0 Å². The van der Waals surface area contributed by atoms with Crippen LogP contribution in [0.1, 0.15) is 0 Å². The zero-order valence-electron chi connectivity index (χ0n) is 43.4. The summed E-state index contributed by atoms with van der Waals surface area (Å²) in [6.45, 7) is -0.174. The molecule has 0 aromatic heterocycles. The van der Waals surface area contributed by atoms with Crippen LogP contribution >= 0.6 is 0 Å². The van der Waals surface area contributed by atoms with E-state index in [4.69, 9.17) is 9.47 Å². The van der Waals surface area contributed by atoms with Crippen LogP contribution in [-0.2, 0) is 0 Å². The van der Waals surface area contributed by atoms with Crippen LogP contribution in [0.15, 0.2) is 267 Å². The third-order valence-corrected chi connectivity index (χ3v) is 18.0. The Morgan fingerprint density at radius 1 is 0.212 bits per heavy atom. The van der Waals surface area contributed by atoms with Gasteiger partial charge in [0.2, 0.25) is 0 Å². The zero-order valence-corrected chi connectivity index (χ0v) is 43.4.